The van der Waals surface area contributed by atoms with Crippen molar-refractivity contribution in [3.8, 4) is 5.75 Å². The Morgan fingerprint density at radius 3 is 1.71 bits per heavy atom. The molecule has 22 nitrogen and oxygen atoms in total. The number of nitrogens with one attached hydrogen (secondary N) is 4. The Labute approximate surface area is 449 Å². The molecular weight excluding hydrogens is 1010 g/mol. The third-order valence-electron chi connectivity index (χ3n) is 12.0. The number of hydrogen-bond donors (Lipinski definition) is 4. The second-order valence-electron chi connectivity index (χ2n) is 17.9. The Kier molecular flexibility index (Phi) is 30.4. The number of ketones is 2. The van der Waals surface area contributed by atoms with Gasteiger partial charge in [-0.05, 0) is 74.2 Å². The second kappa shape index (κ2) is 37.5. The van der Waals surface area contributed by atoms with E-state index < -0.39 is 17.8 Å². The summed E-state index contributed by atoms with van der Waals surface area (Å²) in [6, 6.07) is 14.6. The van der Waals surface area contributed by atoms with Gasteiger partial charge < -0.3 is 68.7 Å². The molecule has 76 heavy (non-hydrogen) atoms. The topological polar surface area (TPSA) is 263 Å². The van der Waals surface area contributed by atoms with E-state index in [2.05, 4.69) is 21.3 Å². The number of nitrogens with zero attached hydrogens (tertiary/aromatic N) is 1. The maximum atomic E-state index is 13.1. The molecule has 0 unspecified atom stereocenters. The van der Waals surface area contributed by atoms with Crippen LogP contribution in [0.5, 0.6) is 5.75 Å². The molecule has 3 aliphatic rings. The van der Waals surface area contributed by atoms with Crippen LogP contribution in [0.15, 0.2) is 48.5 Å². The highest BCUT2D eigenvalue weighted by Gasteiger charge is 2.42. The smallest absolute Gasteiger partial charge is 0.335 e. The monoisotopic (exact) mass is 1090 g/mol. The highest BCUT2D eigenvalue weighted by Crippen LogP contribution is 2.33. The Morgan fingerprint density at radius 1 is 0.553 bits per heavy atom. The number of carbonyl (C=O) groups is 7. The van der Waals surface area contributed by atoms with Crippen LogP contribution in [0.25, 0.3) is 0 Å². The van der Waals surface area contributed by atoms with Crippen LogP contribution in [-0.4, -0.2) is 195 Å². The van der Waals surface area contributed by atoms with Crippen LogP contribution in [-0.2, 0) is 66.7 Å². The minimum atomic E-state index is -0.713. The maximum Gasteiger partial charge on any atom is 0.335 e. The summed E-state index contributed by atoms with van der Waals surface area (Å²) in [5, 5.41) is 13.1. The molecule has 5 rings (SSSR count). The highest BCUT2D eigenvalue weighted by molar-refractivity contribution is 8.00. The molecule has 4 N–H and O–H groups in total. The molecule has 3 atom stereocenters. The second-order valence-corrected chi connectivity index (χ2v) is 19.1. The lowest BCUT2D eigenvalue weighted by atomic mass is 10.0. The fourth-order valence-corrected chi connectivity index (χ4v) is 9.45. The van der Waals surface area contributed by atoms with E-state index in [1.54, 1.807) is 36.4 Å². The standard InChI is InChI=1S/C53H77N5O17S/c59-43(5-1-2-7-46-51-45(39-76-46)56-53(65)57-51)6-3-22-66-27-31-70-35-36-71-32-28-67-24-18-47(60)55-20-4-23-74-44-14-10-41(11-15-44)52(64)40-8-12-42(13-9-40)54-21-26-69-30-34-73-38-37-72-33-29-68-25-19-50(63)75-58-48(61)16-17-49(58)62/h8-15,45-46,51,54H,1-7,16-39H2,(H,55,60)(H2,56,57,65)/t45-,46-,51-/m0/s1. The van der Waals surface area contributed by atoms with Crippen LogP contribution in [0.2, 0.25) is 0 Å². The van der Waals surface area contributed by atoms with Crippen LogP contribution in [0.4, 0.5) is 10.5 Å². The fourth-order valence-electron chi connectivity index (χ4n) is 7.91. The van der Waals surface area contributed by atoms with Gasteiger partial charge in [-0.2, -0.15) is 11.8 Å². The van der Waals surface area contributed by atoms with Crippen LogP contribution in [0.1, 0.15) is 86.6 Å². The Morgan fingerprint density at radius 2 is 1.09 bits per heavy atom. The largest absolute Gasteiger partial charge is 0.494 e. The number of anilines is 1. The van der Waals surface area contributed by atoms with E-state index in [9.17, 15) is 33.6 Å². The normalized spacial score (nSPS) is 16.9. The Bertz CT molecular complexity index is 2040. The van der Waals surface area contributed by atoms with E-state index in [4.69, 9.17) is 47.5 Å². The summed E-state index contributed by atoms with van der Waals surface area (Å²) in [6.07, 6.45) is 5.57. The summed E-state index contributed by atoms with van der Waals surface area (Å²) in [7, 11) is 0. The number of urea groups is 1. The molecule has 422 valence electrons. The van der Waals surface area contributed by atoms with Gasteiger partial charge in [-0.25, -0.2) is 9.59 Å². The number of Topliss-reactive ketones (excluding diaryl/α,β-unsaturated/α-hetero) is 1. The molecule has 3 heterocycles. The number of rotatable bonds is 45. The molecule has 0 aliphatic carbocycles. The van der Waals surface area contributed by atoms with Crippen molar-refractivity contribution in [3.63, 3.8) is 0 Å². The summed E-state index contributed by atoms with van der Waals surface area (Å²) in [5.74, 6) is -0.117. The van der Waals surface area contributed by atoms with Crippen molar-refractivity contribution in [2.75, 3.05) is 136 Å². The van der Waals surface area contributed by atoms with Crippen molar-refractivity contribution in [2.24, 2.45) is 0 Å². The molecule has 5 amide bonds. The van der Waals surface area contributed by atoms with Gasteiger partial charge in [0.25, 0.3) is 11.8 Å². The molecular formula is C53H77N5O17S. The number of amides is 5. The van der Waals surface area contributed by atoms with Crippen LogP contribution in [0.3, 0.4) is 0 Å². The molecule has 0 saturated carbocycles. The van der Waals surface area contributed by atoms with Crippen molar-refractivity contribution in [3.05, 3.63) is 59.7 Å². The van der Waals surface area contributed by atoms with Crippen molar-refractivity contribution < 1.29 is 81.0 Å². The predicted octanol–water partition coefficient (Wildman–Crippen LogP) is 3.81. The molecule has 23 heteroatoms. The minimum absolute atomic E-state index is 0.0452. The van der Waals surface area contributed by atoms with Gasteiger partial charge in [0.2, 0.25) is 5.91 Å². The zero-order chi connectivity index (χ0) is 53.8. The van der Waals surface area contributed by atoms with Crippen molar-refractivity contribution in [1.82, 2.24) is 21.0 Å². The summed E-state index contributed by atoms with van der Waals surface area (Å²) >= 11 is 1.90. The first-order chi connectivity index (χ1) is 37.2. The van der Waals surface area contributed by atoms with Gasteiger partial charge in [0.1, 0.15) is 11.5 Å². The number of benzene rings is 2. The lowest BCUT2D eigenvalue weighted by molar-refractivity contribution is -0.198. The predicted molar refractivity (Wildman–Crippen MR) is 279 cm³/mol. The van der Waals surface area contributed by atoms with Gasteiger partial charge in [-0.3, -0.25) is 24.0 Å². The number of unbranched alkanes of at least 4 members (excludes halogenated alkanes) is 1. The van der Waals surface area contributed by atoms with Crippen LogP contribution < -0.4 is 26.0 Å². The SMILES string of the molecule is O=C(CCCC[C@@H]1SC[C@@H]2NC(=O)N[C@@H]21)CCCOCCOCCOCCOCCC(=O)NCCCOc1ccc(C(=O)c2ccc(NCCOCCOCCOCCOCCC(=O)ON3C(=O)CCC3=O)cc2)cc1. The molecule has 2 aromatic rings. The van der Waals surface area contributed by atoms with E-state index >= 15 is 0 Å². The highest BCUT2D eigenvalue weighted by atomic mass is 32.2. The van der Waals surface area contributed by atoms with Gasteiger partial charge in [0, 0.05) is 79.6 Å². The molecule has 0 bridgehead atoms. The number of carbonyl (C=O) groups excluding carboxylic acids is 7. The molecule has 3 fully saturated rings. The van der Waals surface area contributed by atoms with Gasteiger partial charge in [-0.15, -0.1) is 5.06 Å². The first-order valence-corrected chi connectivity index (χ1v) is 27.5. The third kappa shape index (κ3) is 25.3. The quantitative estimate of drug-likeness (QED) is 0.0318. The van der Waals surface area contributed by atoms with Gasteiger partial charge in [-0.1, -0.05) is 6.42 Å². The first-order valence-electron chi connectivity index (χ1n) is 26.4. The number of fused-ring (bicyclic) bond motifs is 1. The Hall–Kier alpha value is -5.24. The van der Waals surface area contributed by atoms with Crippen molar-refractivity contribution >= 4 is 58.7 Å². The zero-order valence-electron chi connectivity index (χ0n) is 43.6. The summed E-state index contributed by atoms with van der Waals surface area (Å²) in [4.78, 5) is 88.4. The molecule has 0 aromatic heterocycles. The number of ether oxygens (including phenoxy) is 9. The van der Waals surface area contributed by atoms with Gasteiger partial charge in [0.05, 0.1) is 124 Å². The average Bonchev–Trinajstić information content (AvgIpc) is 4.09. The van der Waals surface area contributed by atoms with Crippen molar-refractivity contribution in [1.29, 1.82) is 0 Å². The number of hydroxylamine groups is 2. The van der Waals surface area contributed by atoms with Crippen molar-refractivity contribution in [2.45, 2.75) is 88.0 Å². The number of thioether (sulfide) groups is 1. The molecule has 0 spiro atoms. The van der Waals surface area contributed by atoms with E-state index in [0.29, 0.717) is 158 Å². The lowest BCUT2D eigenvalue weighted by Crippen LogP contribution is -2.36. The van der Waals surface area contributed by atoms with Crippen LogP contribution in [0, 0.1) is 0 Å². The first kappa shape index (κ1) is 61.6. The summed E-state index contributed by atoms with van der Waals surface area (Å²) < 4.78 is 49.8. The Balaban J connectivity index is 0.728. The summed E-state index contributed by atoms with van der Waals surface area (Å²) in [6.45, 7) is 7.47. The molecule has 2 aromatic carbocycles. The summed E-state index contributed by atoms with van der Waals surface area (Å²) in [5.41, 5.74) is 1.95. The third-order valence-corrected chi connectivity index (χ3v) is 13.5. The zero-order valence-corrected chi connectivity index (χ0v) is 44.4. The average molecular weight is 1090 g/mol. The van der Waals surface area contributed by atoms with E-state index in [1.807, 2.05) is 23.9 Å². The van der Waals surface area contributed by atoms with Crippen LogP contribution >= 0.6 is 11.8 Å². The lowest BCUT2D eigenvalue weighted by Gasteiger charge is -2.16. The molecule has 0 radical (unpaired) electrons. The van der Waals surface area contributed by atoms with Gasteiger partial charge in [0.15, 0.2) is 5.78 Å². The van der Waals surface area contributed by atoms with E-state index in [1.165, 1.54) is 0 Å². The molecule has 3 aliphatic heterocycles. The maximum absolute atomic E-state index is 13.1. The number of hydrogen-bond acceptors (Lipinski definition) is 19. The van der Waals surface area contributed by atoms with E-state index in [0.717, 1.165) is 30.7 Å². The fraction of sp³-hybridized carbons (Fsp3) is 0.642. The minimum Gasteiger partial charge on any atom is -0.494 e. The molecule has 3 saturated heterocycles. The number of imide groups is 1. The van der Waals surface area contributed by atoms with E-state index in [-0.39, 0.29) is 81.1 Å². The van der Waals surface area contributed by atoms with Gasteiger partial charge >= 0.3 is 12.0 Å².